The van der Waals surface area contributed by atoms with Gasteiger partial charge in [-0.2, -0.15) is 0 Å². The van der Waals surface area contributed by atoms with Gasteiger partial charge in [-0.3, -0.25) is 0 Å². The van der Waals surface area contributed by atoms with Crippen LogP contribution < -0.4 is 5.73 Å². The molecule has 2 aromatic rings. The minimum absolute atomic E-state index is 0.0861. The van der Waals surface area contributed by atoms with Crippen molar-refractivity contribution < 1.29 is 0 Å². The van der Waals surface area contributed by atoms with E-state index in [4.69, 9.17) is 5.73 Å². The zero-order chi connectivity index (χ0) is 13.3. The van der Waals surface area contributed by atoms with Crippen molar-refractivity contribution in [3.63, 3.8) is 0 Å². The Bertz CT molecular complexity index is 555. The summed E-state index contributed by atoms with van der Waals surface area (Å²) < 4.78 is 1.13. The fourth-order valence-corrected chi connectivity index (χ4v) is 2.86. The minimum atomic E-state index is 0.0861. The zero-order valence-corrected chi connectivity index (χ0v) is 12.8. The third-order valence-electron chi connectivity index (χ3n) is 3.14. The first kappa shape index (κ1) is 13.6. The van der Waals surface area contributed by atoms with E-state index in [2.05, 4.69) is 73.1 Å². The zero-order valence-electron chi connectivity index (χ0n) is 11.2. The van der Waals surface area contributed by atoms with Gasteiger partial charge in [0.15, 0.2) is 0 Å². The number of halogens is 1. The van der Waals surface area contributed by atoms with Crippen LogP contribution in [0.4, 0.5) is 0 Å². The van der Waals surface area contributed by atoms with E-state index in [1.165, 1.54) is 16.3 Å². The lowest BCUT2D eigenvalue weighted by Crippen LogP contribution is -2.19. The van der Waals surface area contributed by atoms with E-state index in [0.717, 1.165) is 10.9 Å². The second-order valence-corrected chi connectivity index (χ2v) is 6.91. The molecule has 2 rings (SSSR count). The van der Waals surface area contributed by atoms with Crippen LogP contribution >= 0.6 is 15.9 Å². The van der Waals surface area contributed by atoms with E-state index in [9.17, 15) is 0 Å². The second kappa shape index (κ2) is 5.02. The molecule has 0 fully saturated rings. The smallest absolute Gasteiger partial charge is 0.0306 e. The van der Waals surface area contributed by atoms with E-state index in [1.54, 1.807) is 0 Å². The van der Waals surface area contributed by atoms with E-state index in [0.29, 0.717) is 0 Å². The molecular weight excluding hydrogens is 286 g/mol. The molecule has 0 heterocycles. The molecule has 96 valence electrons. The van der Waals surface area contributed by atoms with Gasteiger partial charge >= 0.3 is 0 Å². The Labute approximate surface area is 118 Å². The Morgan fingerprint density at radius 3 is 2.28 bits per heavy atom. The van der Waals surface area contributed by atoms with Crippen molar-refractivity contribution in [2.45, 2.75) is 33.2 Å². The van der Waals surface area contributed by atoms with E-state index < -0.39 is 0 Å². The van der Waals surface area contributed by atoms with E-state index >= 15 is 0 Å². The quantitative estimate of drug-likeness (QED) is 0.826. The van der Waals surface area contributed by atoms with Gasteiger partial charge in [-0.1, -0.05) is 67.0 Å². The summed E-state index contributed by atoms with van der Waals surface area (Å²) in [5.74, 6) is 0. The summed E-state index contributed by atoms with van der Waals surface area (Å²) in [6.45, 7) is 6.69. The highest BCUT2D eigenvalue weighted by Gasteiger charge is 2.18. The average molecular weight is 306 g/mol. The lowest BCUT2D eigenvalue weighted by molar-refractivity contribution is 0.343. The molecule has 0 amide bonds. The monoisotopic (exact) mass is 305 g/mol. The van der Waals surface area contributed by atoms with Gasteiger partial charge in [0, 0.05) is 10.5 Å². The van der Waals surface area contributed by atoms with E-state index in [1.807, 2.05) is 0 Å². The lowest BCUT2D eigenvalue weighted by atomic mass is 9.84. The lowest BCUT2D eigenvalue weighted by Gasteiger charge is -2.24. The summed E-state index contributed by atoms with van der Waals surface area (Å²) in [7, 11) is 0. The minimum Gasteiger partial charge on any atom is -0.324 e. The van der Waals surface area contributed by atoms with Crippen molar-refractivity contribution in [2.24, 2.45) is 11.1 Å². The molecule has 1 atom stereocenters. The first-order valence-electron chi connectivity index (χ1n) is 6.31. The number of nitrogens with two attached hydrogens (primary N) is 1. The molecule has 0 radical (unpaired) electrons. The maximum Gasteiger partial charge on any atom is 0.0306 e. The normalized spacial score (nSPS) is 13.8. The van der Waals surface area contributed by atoms with Crippen molar-refractivity contribution in [1.29, 1.82) is 0 Å². The molecule has 2 aromatic carbocycles. The Morgan fingerprint density at radius 1 is 1.06 bits per heavy atom. The summed E-state index contributed by atoms with van der Waals surface area (Å²) in [5.41, 5.74) is 7.87. The topological polar surface area (TPSA) is 26.0 Å². The summed E-state index contributed by atoms with van der Waals surface area (Å²) in [6.07, 6.45) is 0.985. The Kier molecular flexibility index (Phi) is 3.79. The molecule has 0 bridgehead atoms. The van der Waals surface area contributed by atoms with Crippen molar-refractivity contribution in [3.8, 4) is 0 Å². The van der Waals surface area contributed by atoms with Crippen LogP contribution in [0.15, 0.2) is 40.9 Å². The highest BCUT2D eigenvalue weighted by molar-refractivity contribution is 9.10. The van der Waals surface area contributed by atoms with Crippen molar-refractivity contribution in [1.82, 2.24) is 0 Å². The van der Waals surface area contributed by atoms with Gasteiger partial charge < -0.3 is 5.73 Å². The van der Waals surface area contributed by atoms with Gasteiger partial charge in [-0.05, 0) is 34.2 Å². The fraction of sp³-hybridized carbons (Fsp3) is 0.375. The molecule has 0 aromatic heterocycles. The van der Waals surface area contributed by atoms with Gasteiger partial charge in [0.1, 0.15) is 0 Å². The van der Waals surface area contributed by atoms with Crippen LogP contribution in [0.5, 0.6) is 0 Å². The van der Waals surface area contributed by atoms with Crippen LogP contribution in [0.25, 0.3) is 10.8 Å². The first-order valence-corrected chi connectivity index (χ1v) is 7.10. The van der Waals surface area contributed by atoms with Crippen LogP contribution in [0, 0.1) is 5.41 Å². The third kappa shape index (κ3) is 2.93. The van der Waals surface area contributed by atoms with Crippen LogP contribution in [-0.4, -0.2) is 0 Å². The number of hydrogen-bond donors (Lipinski definition) is 1. The molecular formula is C16H20BrN. The number of benzene rings is 2. The molecule has 1 nitrogen and oxygen atoms in total. The van der Waals surface area contributed by atoms with Crippen molar-refractivity contribution in [3.05, 3.63) is 46.4 Å². The number of fused-ring (bicyclic) bond motifs is 1. The fourth-order valence-electron chi connectivity index (χ4n) is 2.38. The van der Waals surface area contributed by atoms with E-state index in [-0.39, 0.29) is 11.5 Å². The molecule has 0 spiro atoms. The molecule has 0 saturated carbocycles. The molecule has 0 aliphatic heterocycles. The SMILES string of the molecule is CC(C)(C)CC(N)c1ccc(Br)c2ccccc12. The maximum atomic E-state index is 6.38. The average Bonchev–Trinajstić information content (AvgIpc) is 2.27. The molecule has 0 aliphatic carbocycles. The third-order valence-corrected chi connectivity index (χ3v) is 3.83. The largest absolute Gasteiger partial charge is 0.324 e. The predicted octanol–water partition coefficient (Wildman–Crippen LogP) is 5.04. The molecule has 1 unspecified atom stereocenters. The van der Waals surface area contributed by atoms with Gasteiger partial charge in [0.2, 0.25) is 0 Å². The summed E-state index contributed by atoms with van der Waals surface area (Å²) in [5, 5.41) is 2.49. The number of hydrogen-bond acceptors (Lipinski definition) is 1. The molecule has 0 saturated heterocycles. The molecule has 2 N–H and O–H groups in total. The highest BCUT2D eigenvalue weighted by Crippen LogP contribution is 2.34. The van der Waals surface area contributed by atoms with Gasteiger partial charge in [0.05, 0.1) is 0 Å². The van der Waals surface area contributed by atoms with Crippen LogP contribution in [0.1, 0.15) is 38.8 Å². The van der Waals surface area contributed by atoms with Gasteiger partial charge in [-0.15, -0.1) is 0 Å². The second-order valence-electron chi connectivity index (χ2n) is 6.05. The van der Waals surface area contributed by atoms with Crippen LogP contribution in [0.3, 0.4) is 0 Å². The van der Waals surface area contributed by atoms with Gasteiger partial charge in [0.25, 0.3) is 0 Å². The number of rotatable bonds is 2. The van der Waals surface area contributed by atoms with Crippen molar-refractivity contribution in [2.75, 3.05) is 0 Å². The maximum absolute atomic E-state index is 6.38. The summed E-state index contributed by atoms with van der Waals surface area (Å²) in [6, 6.07) is 12.7. The highest BCUT2D eigenvalue weighted by atomic mass is 79.9. The van der Waals surface area contributed by atoms with Gasteiger partial charge in [-0.25, -0.2) is 0 Å². The molecule has 2 heteroatoms. The van der Waals surface area contributed by atoms with Crippen molar-refractivity contribution >= 4 is 26.7 Å². The van der Waals surface area contributed by atoms with Crippen LogP contribution in [0.2, 0.25) is 0 Å². The first-order chi connectivity index (χ1) is 8.38. The Morgan fingerprint density at radius 2 is 1.67 bits per heavy atom. The Hall–Kier alpha value is -0.860. The Balaban J connectivity index is 2.49. The van der Waals surface area contributed by atoms with Crippen LogP contribution in [-0.2, 0) is 0 Å². The predicted molar refractivity (Wildman–Crippen MR) is 82.6 cm³/mol. The summed E-state index contributed by atoms with van der Waals surface area (Å²) in [4.78, 5) is 0. The molecule has 18 heavy (non-hydrogen) atoms. The summed E-state index contributed by atoms with van der Waals surface area (Å²) >= 11 is 3.60. The molecule has 0 aliphatic rings. The standard InChI is InChI=1S/C16H20BrN/c1-16(2,3)10-15(18)13-8-9-14(17)12-7-5-4-6-11(12)13/h4-9,15H,10,18H2,1-3H3.